The standard InChI is InChI=1S/C17H19BrO2/c1-10-5-6-13(15(18)7-10)17(19)14-8-12(3)16(20-4)9-11(14)2/h5-9,17,19H,1-4H3. The molecule has 0 radical (unpaired) electrons. The Hall–Kier alpha value is -1.32. The first-order valence-corrected chi connectivity index (χ1v) is 7.32. The number of hydrogen-bond acceptors (Lipinski definition) is 2. The van der Waals surface area contributed by atoms with Crippen LogP contribution in [0.2, 0.25) is 0 Å². The van der Waals surface area contributed by atoms with Crippen molar-refractivity contribution in [3.05, 3.63) is 62.6 Å². The molecule has 0 heterocycles. The molecular formula is C17H19BrO2. The van der Waals surface area contributed by atoms with Crippen molar-refractivity contribution in [2.45, 2.75) is 26.9 Å². The van der Waals surface area contributed by atoms with E-state index in [1.165, 1.54) is 0 Å². The van der Waals surface area contributed by atoms with Gasteiger partial charge in [-0.3, -0.25) is 0 Å². The molecule has 0 bridgehead atoms. The van der Waals surface area contributed by atoms with E-state index in [0.29, 0.717) is 0 Å². The molecule has 2 rings (SSSR count). The summed E-state index contributed by atoms with van der Waals surface area (Å²) < 4.78 is 6.24. The van der Waals surface area contributed by atoms with Gasteiger partial charge in [0.25, 0.3) is 0 Å². The van der Waals surface area contributed by atoms with Gasteiger partial charge in [0, 0.05) is 4.47 Å². The second-order valence-electron chi connectivity index (χ2n) is 5.11. The highest BCUT2D eigenvalue weighted by Gasteiger charge is 2.17. The number of ether oxygens (including phenoxy) is 1. The van der Waals surface area contributed by atoms with Crippen LogP contribution in [0.25, 0.3) is 0 Å². The maximum Gasteiger partial charge on any atom is 0.122 e. The molecule has 1 unspecified atom stereocenters. The maximum absolute atomic E-state index is 10.7. The van der Waals surface area contributed by atoms with Gasteiger partial charge in [-0.1, -0.05) is 28.1 Å². The van der Waals surface area contributed by atoms with Gasteiger partial charge in [0.15, 0.2) is 0 Å². The molecule has 3 heteroatoms. The molecule has 2 aromatic rings. The molecule has 0 saturated carbocycles. The van der Waals surface area contributed by atoms with Crippen molar-refractivity contribution in [1.29, 1.82) is 0 Å². The lowest BCUT2D eigenvalue weighted by atomic mass is 9.95. The Morgan fingerprint density at radius 2 is 1.70 bits per heavy atom. The molecular weight excluding hydrogens is 316 g/mol. The summed E-state index contributed by atoms with van der Waals surface area (Å²) in [6, 6.07) is 9.95. The van der Waals surface area contributed by atoms with Gasteiger partial charge >= 0.3 is 0 Å². The highest BCUT2D eigenvalue weighted by molar-refractivity contribution is 9.10. The first-order valence-electron chi connectivity index (χ1n) is 6.53. The van der Waals surface area contributed by atoms with Crippen molar-refractivity contribution in [3.63, 3.8) is 0 Å². The van der Waals surface area contributed by atoms with Crippen LogP contribution in [0.5, 0.6) is 5.75 Å². The SMILES string of the molecule is COc1cc(C)c(C(O)c2ccc(C)cc2Br)cc1C. The summed E-state index contributed by atoms with van der Waals surface area (Å²) in [7, 11) is 1.66. The molecule has 1 N–H and O–H groups in total. The number of rotatable bonds is 3. The fourth-order valence-electron chi connectivity index (χ4n) is 2.35. The largest absolute Gasteiger partial charge is 0.496 e. The summed E-state index contributed by atoms with van der Waals surface area (Å²) in [4.78, 5) is 0. The zero-order chi connectivity index (χ0) is 14.9. The Bertz CT molecular complexity index is 635. The van der Waals surface area contributed by atoms with E-state index in [9.17, 15) is 5.11 Å². The normalized spacial score (nSPS) is 12.3. The van der Waals surface area contributed by atoms with Crippen molar-refractivity contribution < 1.29 is 9.84 Å². The predicted molar refractivity (Wildman–Crippen MR) is 85.4 cm³/mol. The van der Waals surface area contributed by atoms with Crippen LogP contribution >= 0.6 is 15.9 Å². The van der Waals surface area contributed by atoms with Crippen molar-refractivity contribution in [2.75, 3.05) is 7.11 Å². The lowest BCUT2D eigenvalue weighted by Gasteiger charge is -2.18. The minimum atomic E-state index is -0.644. The average Bonchev–Trinajstić information content (AvgIpc) is 2.40. The number of methoxy groups -OCH3 is 1. The fraction of sp³-hybridized carbons (Fsp3) is 0.294. The Morgan fingerprint density at radius 1 is 1.00 bits per heavy atom. The molecule has 20 heavy (non-hydrogen) atoms. The van der Waals surface area contributed by atoms with E-state index in [4.69, 9.17) is 4.74 Å². The predicted octanol–water partition coefficient (Wildman–Crippen LogP) is 4.46. The minimum absolute atomic E-state index is 0.644. The van der Waals surface area contributed by atoms with Crippen LogP contribution in [-0.4, -0.2) is 12.2 Å². The number of aliphatic hydroxyl groups excluding tert-OH is 1. The summed E-state index contributed by atoms with van der Waals surface area (Å²) in [5.41, 5.74) is 4.99. The Balaban J connectivity index is 2.48. The van der Waals surface area contributed by atoms with Crippen LogP contribution in [0.15, 0.2) is 34.8 Å². The molecule has 2 aromatic carbocycles. The van der Waals surface area contributed by atoms with Gasteiger partial charge in [0.1, 0.15) is 11.9 Å². The van der Waals surface area contributed by atoms with Crippen molar-refractivity contribution in [3.8, 4) is 5.75 Å². The fourth-order valence-corrected chi connectivity index (χ4v) is 3.06. The van der Waals surface area contributed by atoms with Gasteiger partial charge in [-0.25, -0.2) is 0 Å². The van der Waals surface area contributed by atoms with E-state index in [-0.39, 0.29) is 0 Å². The Morgan fingerprint density at radius 3 is 2.30 bits per heavy atom. The van der Waals surface area contributed by atoms with Crippen molar-refractivity contribution in [2.24, 2.45) is 0 Å². The summed E-state index contributed by atoms with van der Waals surface area (Å²) >= 11 is 3.53. The molecule has 0 spiro atoms. The van der Waals surface area contributed by atoms with Gasteiger partial charge in [-0.05, 0) is 66.8 Å². The van der Waals surface area contributed by atoms with Crippen molar-refractivity contribution >= 4 is 15.9 Å². The quantitative estimate of drug-likeness (QED) is 0.897. The number of aliphatic hydroxyl groups is 1. The van der Waals surface area contributed by atoms with E-state index in [2.05, 4.69) is 15.9 Å². The van der Waals surface area contributed by atoms with Gasteiger partial charge in [0.2, 0.25) is 0 Å². The van der Waals surface area contributed by atoms with Crippen molar-refractivity contribution in [1.82, 2.24) is 0 Å². The summed E-state index contributed by atoms with van der Waals surface area (Å²) in [5.74, 6) is 0.849. The van der Waals surface area contributed by atoms with E-state index < -0.39 is 6.10 Å². The maximum atomic E-state index is 10.7. The Labute approximate surface area is 128 Å². The third-order valence-electron chi connectivity index (χ3n) is 3.53. The Kier molecular flexibility index (Phi) is 4.51. The lowest BCUT2D eigenvalue weighted by Crippen LogP contribution is -2.04. The smallest absolute Gasteiger partial charge is 0.122 e. The molecule has 2 nitrogen and oxygen atoms in total. The van der Waals surface area contributed by atoms with Crippen LogP contribution in [0, 0.1) is 20.8 Å². The monoisotopic (exact) mass is 334 g/mol. The van der Waals surface area contributed by atoms with Crippen LogP contribution in [0.1, 0.15) is 33.9 Å². The molecule has 1 atom stereocenters. The van der Waals surface area contributed by atoms with E-state index in [1.807, 2.05) is 51.1 Å². The molecule has 0 aliphatic rings. The van der Waals surface area contributed by atoms with Crippen LogP contribution in [0.3, 0.4) is 0 Å². The first-order chi connectivity index (χ1) is 9.43. The van der Waals surface area contributed by atoms with E-state index in [0.717, 1.165) is 38.0 Å². The van der Waals surface area contributed by atoms with E-state index in [1.54, 1.807) is 7.11 Å². The lowest BCUT2D eigenvalue weighted by molar-refractivity contribution is 0.218. The second-order valence-corrected chi connectivity index (χ2v) is 5.96. The summed E-state index contributed by atoms with van der Waals surface area (Å²) in [5, 5.41) is 10.7. The molecule has 0 saturated heterocycles. The topological polar surface area (TPSA) is 29.5 Å². The van der Waals surface area contributed by atoms with Crippen LogP contribution < -0.4 is 4.74 Å². The van der Waals surface area contributed by atoms with Gasteiger partial charge in [-0.2, -0.15) is 0 Å². The molecule has 0 aliphatic heterocycles. The van der Waals surface area contributed by atoms with Gasteiger partial charge in [0.05, 0.1) is 7.11 Å². The van der Waals surface area contributed by atoms with Gasteiger partial charge < -0.3 is 9.84 Å². The highest BCUT2D eigenvalue weighted by Crippen LogP contribution is 2.33. The second kappa shape index (κ2) is 5.98. The third-order valence-corrected chi connectivity index (χ3v) is 4.22. The molecule has 0 fully saturated rings. The number of aryl methyl sites for hydroxylation is 3. The zero-order valence-electron chi connectivity index (χ0n) is 12.2. The molecule has 0 amide bonds. The van der Waals surface area contributed by atoms with Crippen LogP contribution in [0.4, 0.5) is 0 Å². The van der Waals surface area contributed by atoms with E-state index >= 15 is 0 Å². The minimum Gasteiger partial charge on any atom is -0.496 e. The average molecular weight is 335 g/mol. The molecule has 0 aromatic heterocycles. The summed E-state index contributed by atoms with van der Waals surface area (Å²) in [6.07, 6.45) is -0.644. The summed E-state index contributed by atoms with van der Waals surface area (Å²) in [6.45, 7) is 6.00. The number of hydrogen-bond donors (Lipinski definition) is 1. The zero-order valence-corrected chi connectivity index (χ0v) is 13.8. The van der Waals surface area contributed by atoms with Crippen LogP contribution in [-0.2, 0) is 0 Å². The third kappa shape index (κ3) is 2.89. The first kappa shape index (κ1) is 15.1. The molecule has 0 aliphatic carbocycles. The molecule has 106 valence electrons. The highest BCUT2D eigenvalue weighted by atomic mass is 79.9. The number of halogens is 1. The number of benzene rings is 2. The van der Waals surface area contributed by atoms with Gasteiger partial charge in [-0.15, -0.1) is 0 Å².